The summed E-state index contributed by atoms with van der Waals surface area (Å²) in [5.74, 6) is 1.03. The maximum Gasteiger partial charge on any atom is 0.262 e. The lowest BCUT2D eigenvalue weighted by Crippen LogP contribution is -2.20. The van der Waals surface area contributed by atoms with Crippen molar-refractivity contribution in [2.24, 2.45) is 0 Å². The smallest absolute Gasteiger partial charge is 0.262 e. The SMILES string of the molecule is CC[C@H](C)c1ccc(OCC(=O)Nc2ccc(-c3nc4ccccc4s3)cc2)cc1. The van der Waals surface area contributed by atoms with Gasteiger partial charge in [-0.1, -0.05) is 38.1 Å². The van der Waals surface area contributed by atoms with E-state index in [0.29, 0.717) is 11.7 Å². The lowest BCUT2D eigenvalue weighted by Gasteiger charge is -2.11. The van der Waals surface area contributed by atoms with Crippen LogP contribution in [0.4, 0.5) is 5.69 Å². The van der Waals surface area contributed by atoms with Crippen molar-refractivity contribution in [1.29, 1.82) is 0 Å². The number of nitrogens with one attached hydrogen (secondary N) is 1. The number of amides is 1. The van der Waals surface area contributed by atoms with Gasteiger partial charge in [0, 0.05) is 11.3 Å². The van der Waals surface area contributed by atoms with Crippen molar-refractivity contribution in [2.45, 2.75) is 26.2 Å². The van der Waals surface area contributed by atoms with Gasteiger partial charge in [0.25, 0.3) is 5.91 Å². The van der Waals surface area contributed by atoms with Crippen LogP contribution in [-0.2, 0) is 4.79 Å². The van der Waals surface area contributed by atoms with Crippen LogP contribution in [0.1, 0.15) is 31.7 Å². The normalized spacial score (nSPS) is 11.9. The maximum absolute atomic E-state index is 12.2. The molecule has 0 aliphatic heterocycles. The number of ether oxygens (including phenoxy) is 1. The number of carbonyl (C=O) groups excluding carboxylic acids is 1. The summed E-state index contributed by atoms with van der Waals surface area (Å²) in [5, 5.41) is 3.85. The fourth-order valence-electron chi connectivity index (χ4n) is 3.17. The van der Waals surface area contributed by atoms with Crippen LogP contribution in [0.25, 0.3) is 20.8 Å². The summed E-state index contributed by atoms with van der Waals surface area (Å²) < 4.78 is 6.78. The molecule has 4 aromatic rings. The Morgan fingerprint density at radius 2 is 1.77 bits per heavy atom. The zero-order valence-corrected chi connectivity index (χ0v) is 17.9. The van der Waals surface area contributed by atoms with E-state index in [2.05, 4.69) is 42.3 Å². The van der Waals surface area contributed by atoms with Gasteiger partial charge >= 0.3 is 0 Å². The van der Waals surface area contributed by atoms with Crippen LogP contribution in [0, 0.1) is 0 Å². The molecule has 3 aromatic carbocycles. The highest BCUT2D eigenvalue weighted by Gasteiger charge is 2.08. The number of nitrogens with zero attached hydrogens (tertiary/aromatic N) is 1. The first kappa shape index (κ1) is 20.1. The molecule has 30 heavy (non-hydrogen) atoms. The van der Waals surface area contributed by atoms with E-state index in [1.54, 1.807) is 11.3 Å². The van der Waals surface area contributed by atoms with Crippen LogP contribution < -0.4 is 10.1 Å². The Labute approximate surface area is 180 Å². The zero-order chi connectivity index (χ0) is 20.9. The van der Waals surface area contributed by atoms with Crippen molar-refractivity contribution in [3.63, 3.8) is 0 Å². The third-order valence-corrected chi connectivity index (χ3v) is 6.23. The van der Waals surface area contributed by atoms with E-state index in [-0.39, 0.29) is 12.5 Å². The van der Waals surface area contributed by atoms with E-state index in [9.17, 15) is 4.79 Å². The number of aromatic nitrogens is 1. The fourth-order valence-corrected chi connectivity index (χ4v) is 4.14. The summed E-state index contributed by atoms with van der Waals surface area (Å²) in [6.45, 7) is 4.35. The Morgan fingerprint density at radius 1 is 1.03 bits per heavy atom. The van der Waals surface area contributed by atoms with Gasteiger partial charge in [0.05, 0.1) is 10.2 Å². The highest BCUT2D eigenvalue weighted by atomic mass is 32.1. The molecule has 0 spiro atoms. The number of fused-ring (bicyclic) bond motifs is 1. The van der Waals surface area contributed by atoms with Crippen LogP contribution in [0.5, 0.6) is 5.75 Å². The number of rotatable bonds is 7. The van der Waals surface area contributed by atoms with Crippen LogP contribution in [0.3, 0.4) is 0 Å². The fraction of sp³-hybridized carbons (Fsp3) is 0.200. The summed E-state index contributed by atoms with van der Waals surface area (Å²) in [4.78, 5) is 16.9. The molecule has 1 amide bonds. The summed E-state index contributed by atoms with van der Waals surface area (Å²) in [5.41, 5.74) is 4.05. The van der Waals surface area contributed by atoms with Crippen LogP contribution in [0.2, 0.25) is 0 Å². The zero-order valence-electron chi connectivity index (χ0n) is 17.1. The standard InChI is InChI=1S/C25H24N2O2S/c1-3-17(2)18-10-14-21(15-11-18)29-16-24(28)26-20-12-8-19(9-13-20)25-27-22-6-4-5-7-23(22)30-25/h4-15,17H,3,16H2,1-2H3,(H,26,28)/t17-/m0/s1. The van der Waals surface area contributed by atoms with Crippen molar-refractivity contribution in [3.8, 4) is 16.3 Å². The first-order valence-electron chi connectivity index (χ1n) is 10.1. The first-order chi connectivity index (χ1) is 14.6. The van der Waals surface area contributed by atoms with Crippen molar-refractivity contribution in [1.82, 2.24) is 4.98 Å². The van der Waals surface area contributed by atoms with Gasteiger partial charge in [-0.2, -0.15) is 0 Å². The van der Waals surface area contributed by atoms with Crippen LogP contribution in [-0.4, -0.2) is 17.5 Å². The quantitative estimate of drug-likeness (QED) is 0.374. The largest absolute Gasteiger partial charge is 0.484 e. The van der Waals surface area contributed by atoms with Gasteiger partial charge in [0.1, 0.15) is 10.8 Å². The van der Waals surface area contributed by atoms with Gasteiger partial charge in [-0.05, 0) is 66.4 Å². The molecular formula is C25H24N2O2S. The molecule has 1 atom stereocenters. The highest BCUT2D eigenvalue weighted by Crippen LogP contribution is 2.30. The van der Waals surface area contributed by atoms with E-state index in [1.807, 2.05) is 54.6 Å². The van der Waals surface area contributed by atoms with E-state index < -0.39 is 0 Å². The van der Waals surface area contributed by atoms with Crippen molar-refractivity contribution < 1.29 is 9.53 Å². The first-order valence-corrected chi connectivity index (χ1v) is 10.9. The Morgan fingerprint density at radius 3 is 2.47 bits per heavy atom. The van der Waals surface area contributed by atoms with Crippen molar-refractivity contribution in [3.05, 3.63) is 78.4 Å². The summed E-state index contributed by atoms with van der Waals surface area (Å²) >= 11 is 1.66. The number of para-hydroxylation sites is 1. The van der Waals surface area contributed by atoms with Crippen molar-refractivity contribution in [2.75, 3.05) is 11.9 Å². The predicted octanol–water partition coefficient (Wildman–Crippen LogP) is 6.49. The van der Waals surface area contributed by atoms with Gasteiger partial charge in [-0.15, -0.1) is 11.3 Å². The average Bonchev–Trinajstić information content (AvgIpc) is 3.22. The Hall–Kier alpha value is -3.18. The molecule has 0 saturated carbocycles. The van der Waals surface area contributed by atoms with E-state index in [0.717, 1.165) is 28.2 Å². The molecule has 1 N–H and O–H groups in total. The van der Waals surface area contributed by atoms with Gasteiger partial charge in [0.15, 0.2) is 6.61 Å². The molecule has 1 heterocycles. The second kappa shape index (κ2) is 9.09. The molecule has 0 radical (unpaired) electrons. The third kappa shape index (κ3) is 4.69. The number of hydrogen-bond acceptors (Lipinski definition) is 4. The molecule has 4 rings (SSSR count). The maximum atomic E-state index is 12.2. The predicted molar refractivity (Wildman–Crippen MR) is 124 cm³/mol. The molecule has 5 heteroatoms. The average molecular weight is 417 g/mol. The van der Waals surface area contributed by atoms with Crippen LogP contribution >= 0.6 is 11.3 Å². The lowest BCUT2D eigenvalue weighted by atomic mass is 9.99. The molecule has 0 saturated heterocycles. The molecule has 0 bridgehead atoms. The minimum Gasteiger partial charge on any atom is -0.484 e. The summed E-state index contributed by atoms with van der Waals surface area (Å²) in [7, 11) is 0. The van der Waals surface area contributed by atoms with Crippen molar-refractivity contribution >= 4 is 33.1 Å². The topological polar surface area (TPSA) is 51.2 Å². The highest BCUT2D eigenvalue weighted by molar-refractivity contribution is 7.21. The Kier molecular flexibility index (Phi) is 6.10. The molecule has 0 aliphatic rings. The number of hydrogen-bond donors (Lipinski definition) is 1. The third-order valence-electron chi connectivity index (χ3n) is 5.14. The lowest BCUT2D eigenvalue weighted by molar-refractivity contribution is -0.118. The second-order valence-electron chi connectivity index (χ2n) is 7.28. The van der Waals surface area contributed by atoms with Gasteiger partial charge < -0.3 is 10.1 Å². The number of anilines is 1. The second-order valence-corrected chi connectivity index (χ2v) is 8.31. The molecule has 0 fully saturated rings. The van der Waals surface area contributed by atoms with Gasteiger partial charge in [0.2, 0.25) is 0 Å². The molecule has 0 aliphatic carbocycles. The number of carbonyl (C=O) groups is 1. The summed E-state index contributed by atoms with van der Waals surface area (Å²) in [6.07, 6.45) is 1.10. The van der Waals surface area contributed by atoms with E-state index >= 15 is 0 Å². The Bertz CT molecular complexity index is 1100. The molecular weight excluding hydrogens is 392 g/mol. The number of thiazole rings is 1. The molecule has 152 valence electrons. The monoisotopic (exact) mass is 416 g/mol. The van der Waals surface area contributed by atoms with Crippen LogP contribution in [0.15, 0.2) is 72.8 Å². The van der Waals surface area contributed by atoms with E-state index in [4.69, 9.17) is 4.74 Å². The molecule has 0 unspecified atom stereocenters. The molecule has 1 aromatic heterocycles. The molecule has 4 nitrogen and oxygen atoms in total. The van der Waals surface area contributed by atoms with E-state index in [1.165, 1.54) is 10.3 Å². The van der Waals surface area contributed by atoms with Gasteiger partial charge in [-0.25, -0.2) is 4.98 Å². The number of benzene rings is 3. The summed E-state index contributed by atoms with van der Waals surface area (Å²) in [6, 6.07) is 23.8. The minimum absolute atomic E-state index is 0.0255. The Balaban J connectivity index is 1.33. The minimum atomic E-state index is -0.186. The van der Waals surface area contributed by atoms with Gasteiger partial charge in [-0.3, -0.25) is 4.79 Å².